The number of hydrogen-bond donors (Lipinski definition) is 1. The number of aromatic amines is 1. The van der Waals surface area contributed by atoms with Crippen LogP contribution < -0.4 is 0 Å². The quantitative estimate of drug-likeness (QED) is 0.574. The van der Waals surface area contributed by atoms with Gasteiger partial charge >= 0.3 is 0 Å². The van der Waals surface area contributed by atoms with Gasteiger partial charge in [0.15, 0.2) is 0 Å². The van der Waals surface area contributed by atoms with Gasteiger partial charge in [-0.3, -0.25) is 4.79 Å². The fourth-order valence-electron chi connectivity index (χ4n) is 4.04. The smallest absolute Gasteiger partial charge is 0.270 e. The number of rotatable bonds is 4. The van der Waals surface area contributed by atoms with E-state index in [4.69, 9.17) is 0 Å². The lowest BCUT2D eigenvalue weighted by atomic mass is 9.96. The van der Waals surface area contributed by atoms with Crippen molar-refractivity contribution in [3.8, 4) is 0 Å². The minimum atomic E-state index is 0.0681. The summed E-state index contributed by atoms with van der Waals surface area (Å²) in [6.07, 6.45) is 5.89. The molecule has 0 aliphatic carbocycles. The lowest BCUT2D eigenvalue weighted by Crippen LogP contribution is -2.40. The normalized spacial score (nSPS) is 17.3. The number of nitrogens with one attached hydrogen (secondary N) is 1. The highest BCUT2D eigenvalue weighted by Gasteiger charge is 2.28. The monoisotopic (exact) mass is 391 g/mol. The zero-order valence-electron chi connectivity index (χ0n) is 15.4. The first-order chi connectivity index (χ1) is 13.8. The summed E-state index contributed by atoms with van der Waals surface area (Å²) in [4.78, 5) is 27.3. The third-order valence-corrected chi connectivity index (χ3v) is 6.03. The summed E-state index contributed by atoms with van der Waals surface area (Å²) in [5.41, 5.74) is 4.56. The summed E-state index contributed by atoms with van der Waals surface area (Å²) in [5.74, 6) is 1.36. The van der Waals surface area contributed by atoms with Crippen molar-refractivity contribution >= 4 is 28.1 Å². The lowest BCUT2D eigenvalue weighted by Gasteiger charge is -2.32. The van der Waals surface area contributed by atoms with Crippen LogP contribution in [0.2, 0.25) is 0 Å². The minimum Gasteiger partial charge on any atom is -0.351 e. The SMILES string of the molecule is O=C(c1cc2ccccc2[nH]1)N1CCC[C@@H](c2nccn2Cc2cscn2)C1. The Labute approximate surface area is 166 Å². The number of amides is 1. The standard InChI is InChI=1S/C21H21N5OS/c27-21(19-10-15-4-1-2-6-18(15)24-19)26-8-3-5-16(11-26)20-22-7-9-25(20)12-17-13-28-14-23-17/h1-2,4,6-7,9-10,13-14,16,24H,3,5,8,11-12H2/t16-/m1/s1. The first-order valence-electron chi connectivity index (χ1n) is 9.53. The molecule has 0 saturated carbocycles. The van der Waals surface area contributed by atoms with Crippen molar-refractivity contribution in [2.75, 3.05) is 13.1 Å². The van der Waals surface area contributed by atoms with Crippen LogP contribution >= 0.6 is 11.3 Å². The number of imidazole rings is 1. The molecule has 6 nitrogen and oxygen atoms in total. The molecule has 4 heterocycles. The van der Waals surface area contributed by atoms with Gasteiger partial charge in [0, 0.05) is 47.7 Å². The molecule has 0 spiro atoms. The van der Waals surface area contributed by atoms with Crippen LogP contribution in [0.1, 0.15) is 40.8 Å². The molecule has 7 heteroatoms. The molecule has 1 aliphatic rings. The van der Waals surface area contributed by atoms with Gasteiger partial charge in [-0.1, -0.05) is 18.2 Å². The van der Waals surface area contributed by atoms with Crippen LogP contribution in [-0.4, -0.2) is 43.4 Å². The Kier molecular flexibility index (Phi) is 4.44. The van der Waals surface area contributed by atoms with Crippen LogP contribution in [0.3, 0.4) is 0 Å². The van der Waals surface area contributed by atoms with E-state index < -0.39 is 0 Å². The Balaban J connectivity index is 1.35. The Morgan fingerprint density at radius 2 is 2.21 bits per heavy atom. The molecule has 1 atom stereocenters. The molecule has 1 fully saturated rings. The van der Waals surface area contributed by atoms with Crippen LogP contribution in [0.5, 0.6) is 0 Å². The highest BCUT2D eigenvalue weighted by Crippen LogP contribution is 2.28. The molecule has 0 bridgehead atoms. The molecule has 4 aromatic rings. The predicted molar refractivity (Wildman–Crippen MR) is 110 cm³/mol. The molecule has 5 rings (SSSR count). The van der Waals surface area contributed by atoms with Crippen molar-refractivity contribution in [3.63, 3.8) is 0 Å². The first-order valence-corrected chi connectivity index (χ1v) is 10.5. The van der Waals surface area contributed by atoms with Gasteiger partial charge in [0.1, 0.15) is 11.5 Å². The highest BCUT2D eigenvalue weighted by atomic mass is 32.1. The molecule has 1 aliphatic heterocycles. The summed E-state index contributed by atoms with van der Waals surface area (Å²) in [6.45, 7) is 2.21. The van der Waals surface area contributed by atoms with Crippen LogP contribution in [0.4, 0.5) is 0 Å². The number of piperidine rings is 1. The van der Waals surface area contributed by atoms with E-state index in [9.17, 15) is 4.79 Å². The van der Waals surface area contributed by atoms with E-state index in [2.05, 4.69) is 24.9 Å². The van der Waals surface area contributed by atoms with Crippen LogP contribution in [0, 0.1) is 0 Å². The maximum atomic E-state index is 13.1. The highest BCUT2D eigenvalue weighted by molar-refractivity contribution is 7.07. The molecule has 3 aromatic heterocycles. The van der Waals surface area contributed by atoms with Gasteiger partial charge in [0.2, 0.25) is 0 Å². The van der Waals surface area contributed by atoms with Crippen LogP contribution in [0.15, 0.2) is 53.6 Å². The van der Waals surface area contributed by atoms with E-state index in [0.717, 1.165) is 48.4 Å². The molecule has 0 unspecified atom stereocenters. The zero-order chi connectivity index (χ0) is 18.9. The number of carbonyl (C=O) groups is 1. The minimum absolute atomic E-state index is 0.0681. The number of thiazole rings is 1. The molecule has 1 saturated heterocycles. The van der Waals surface area contributed by atoms with Crippen molar-refractivity contribution in [2.24, 2.45) is 0 Å². The number of fused-ring (bicyclic) bond motifs is 1. The van der Waals surface area contributed by atoms with Crippen molar-refractivity contribution in [1.29, 1.82) is 0 Å². The number of H-pyrrole nitrogens is 1. The van der Waals surface area contributed by atoms with Gasteiger partial charge in [-0.2, -0.15) is 0 Å². The summed E-state index contributed by atoms with van der Waals surface area (Å²) in [6, 6.07) is 9.94. The Morgan fingerprint density at radius 3 is 3.07 bits per heavy atom. The largest absolute Gasteiger partial charge is 0.351 e. The van der Waals surface area contributed by atoms with E-state index >= 15 is 0 Å². The Morgan fingerprint density at radius 1 is 1.29 bits per heavy atom. The van der Waals surface area contributed by atoms with E-state index in [1.165, 1.54) is 0 Å². The third-order valence-electron chi connectivity index (χ3n) is 5.40. The second kappa shape index (κ2) is 7.24. The maximum Gasteiger partial charge on any atom is 0.270 e. The van der Waals surface area contributed by atoms with Crippen molar-refractivity contribution < 1.29 is 4.79 Å². The second-order valence-corrected chi connectivity index (χ2v) is 7.97. The average molecular weight is 392 g/mol. The summed E-state index contributed by atoms with van der Waals surface area (Å²) < 4.78 is 2.16. The maximum absolute atomic E-state index is 13.1. The van der Waals surface area contributed by atoms with Gasteiger partial charge in [0.05, 0.1) is 17.7 Å². The number of nitrogens with zero attached hydrogens (tertiary/aromatic N) is 4. The molecule has 1 amide bonds. The van der Waals surface area contributed by atoms with Gasteiger partial charge in [-0.05, 0) is 25.0 Å². The third kappa shape index (κ3) is 3.22. The fraction of sp³-hybridized carbons (Fsp3) is 0.286. The van der Waals surface area contributed by atoms with Crippen molar-refractivity contribution in [2.45, 2.75) is 25.3 Å². The average Bonchev–Trinajstić information content (AvgIpc) is 3.48. The molecule has 1 aromatic carbocycles. The van der Waals surface area contributed by atoms with Gasteiger partial charge in [-0.15, -0.1) is 11.3 Å². The van der Waals surface area contributed by atoms with Gasteiger partial charge in [0.25, 0.3) is 5.91 Å². The number of benzene rings is 1. The van der Waals surface area contributed by atoms with Crippen LogP contribution in [0.25, 0.3) is 10.9 Å². The first kappa shape index (κ1) is 17.2. The van der Waals surface area contributed by atoms with Crippen LogP contribution in [-0.2, 0) is 6.54 Å². The topological polar surface area (TPSA) is 66.8 Å². The molecule has 1 N–H and O–H groups in total. The number of para-hydroxylation sites is 1. The van der Waals surface area contributed by atoms with E-state index in [1.807, 2.05) is 53.1 Å². The number of aromatic nitrogens is 4. The number of carbonyl (C=O) groups excluding carboxylic acids is 1. The summed E-state index contributed by atoms with van der Waals surface area (Å²) in [5, 5.41) is 3.13. The van der Waals surface area contributed by atoms with Gasteiger partial charge < -0.3 is 14.5 Å². The van der Waals surface area contributed by atoms with E-state index in [0.29, 0.717) is 12.2 Å². The molecular formula is C21H21N5OS. The number of likely N-dealkylation sites (tertiary alicyclic amines) is 1. The van der Waals surface area contributed by atoms with Crippen molar-refractivity contribution in [1.82, 2.24) is 24.4 Å². The predicted octanol–water partition coefficient (Wildman–Crippen LogP) is 3.89. The van der Waals surface area contributed by atoms with E-state index in [-0.39, 0.29) is 11.8 Å². The number of hydrogen-bond acceptors (Lipinski definition) is 4. The molecular weight excluding hydrogens is 370 g/mol. The Bertz CT molecular complexity index is 1060. The van der Waals surface area contributed by atoms with Gasteiger partial charge in [-0.25, -0.2) is 9.97 Å². The summed E-state index contributed by atoms with van der Waals surface area (Å²) >= 11 is 1.61. The zero-order valence-corrected chi connectivity index (χ0v) is 16.2. The van der Waals surface area contributed by atoms with E-state index in [1.54, 1.807) is 11.3 Å². The van der Waals surface area contributed by atoms with Crippen molar-refractivity contribution in [3.05, 3.63) is 70.8 Å². The summed E-state index contributed by atoms with van der Waals surface area (Å²) in [7, 11) is 0. The fourth-order valence-corrected chi connectivity index (χ4v) is 4.59. The molecule has 142 valence electrons. The molecule has 28 heavy (non-hydrogen) atoms. The lowest BCUT2D eigenvalue weighted by molar-refractivity contribution is 0.0698. The second-order valence-electron chi connectivity index (χ2n) is 7.25. The Hall–Kier alpha value is -2.93. The molecule has 0 radical (unpaired) electrons.